The first-order valence-corrected chi connectivity index (χ1v) is 10.2. The van der Waals surface area contributed by atoms with E-state index in [1.807, 2.05) is 0 Å². The third-order valence-corrected chi connectivity index (χ3v) is 4.25. The van der Waals surface area contributed by atoms with Gasteiger partial charge in [0.15, 0.2) is 0 Å². The van der Waals surface area contributed by atoms with E-state index >= 15 is 0 Å². The van der Waals surface area contributed by atoms with Crippen molar-refractivity contribution < 1.29 is 0 Å². The molecular weight excluding hydrogens is 266 g/mol. The highest BCUT2D eigenvalue weighted by atomic mass is 15.2. The zero-order valence-corrected chi connectivity index (χ0v) is 17.3. The van der Waals surface area contributed by atoms with E-state index in [4.69, 9.17) is 0 Å². The Morgan fingerprint density at radius 3 is 0.818 bits per heavy atom. The summed E-state index contributed by atoms with van der Waals surface area (Å²) in [6, 6.07) is 2.00. The first-order valence-electron chi connectivity index (χ1n) is 10.2. The van der Waals surface area contributed by atoms with E-state index in [2.05, 4.69) is 60.3 Å². The summed E-state index contributed by atoms with van der Waals surface area (Å²) < 4.78 is 0. The van der Waals surface area contributed by atoms with Crippen molar-refractivity contribution in [1.82, 2.24) is 4.90 Å². The van der Waals surface area contributed by atoms with Gasteiger partial charge in [-0.15, -0.1) is 0 Å². The van der Waals surface area contributed by atoms with Crippen molar-refractivity contribution in [2.75, 3.05) is 0 Å². The molecule has 0 heterocycles. The molecule has 136 valence electrons. The molecule has 0 atom stereocenters. The molecule has 22 heavy (non-hydrogen) atoms. The molecule has 0 fully saturated rings. The Morgan fingerprint density at radius 1 is 0.455 bits per heavy atom. The number of nitrogens with zero attached hydrogens (tertiary/aromatic N) is 1. The van der Waals surface area contributed by atoms with Crippen LogP contribution in [0, 0.1) is 0 Å². The van der Waals surface area contributed by atoms with Crippen LogP contribution in [0.3, 0.4) is 0 Å². The largest absolute Gasteiger partial charge is 0.296 e. The fourth-order valence-corrected chi connectivity index (χ4v) is 3.35. The van der Waals surface area contributed by atoms with E-state index in [0.29, 0.717) is 18.1 Å². The molecule has 0 rings (SSSR count). The highest BCUT2D eigenvalue weighted by Gasteiger charge is 2.15. The molecule has 0 aliphatic heterocycles. The van der Waals surface area contributed by atoms with E-state index in [1.54, 1.807) is 0 Å². The van der Waals surface area contributed by atoms with Crippen molar-refractivity contribution in [2.24, 2.45) is 0 Å². The first kappa shape index (κ1) is 24.2. The zero-order valence-electron chi connectivity index (χ0n) is 17.3. The van der Waals surface area contributed by atoms with Crippen molar-refractivity contribution in [2.45, 2.75) is 138 Å². The fourth-order valence-electron chi connectivity index (χ4n) is 3.35. The van der Waals surface area contributed by atoms with Crippen molar-refractivity contribution in [3.8, 4) is 0 Å². The summed E-state index contributed by atoms with van der Waals surface area (Å²) in [5.74, 6) is 0. The number of unbranched alkanes of at least 4 members (excludes halogenated alkanes) is 9. The first-order chi connectivity index (χ1) is 10.4. The molecule has 0 spiro atoms. The Labute approximate surface area is 143 Å². The minimum Gasteiger partial charge on any atom is -0.296 e. The minimum atomic E-state index is 0.667. The van der Waals surface area contributed by atoms with Gasteiger partial charge < -0.3 is 0 Å². The normalized spacial score (nSPS) is 11.5. The Bertz CT molecular complexity index is 167. The molecule has 0 N–H and O–H groups in total. The maximum absolute atomic E-state index is 2.50. The van der Waals surface area contributed by atoms with Crippen LogP contribution in [0.2, 0.25) is 0 Å². The molecule has 0 amide bonds. The van der Waals surface area contributed by atoms with Gasteiger partial charge in [0, 0.05) is 18.1 Å². The van der Waals surface area contributed by atoms with Gasteiger partial charge in [0.1, 0.15) is 0 Å². The molecule has 0 aromatic rings. The predicted molar refractivity (Wildman–Crippen MR) is 105 cm³/mol. The number of hydrogen-bond acceptors (Lipinski definition) is 1. The van der Waals surface area contributed by atoms with Gasteiger partial charge >= 0.3 is 0 Å². The van der Waals surface area contributed by atoms with Crippen LogP contribution >= 0.6 is 0 Å². The van der Waals surface area contributed by atoms with E-state index in [-0.39, 0.29) is 0 Å². The Kier molecular flexibility index (Phi) is 19.1. The summed E-state index contributed by atoms with van der Waals surface area (Å²) in [5.41, 5.74) is 0. The van der Waals surface area contributed by atoms with E-state index in [1.165, 1.54) is 64.2 Å². The molecule has 0 aromatic carbocycles. The Hall–Kier alpha value is -0.0400. The van der Waals surface area contributed by atoms with E-state index < -0.39 is 0 Å². The molecule has 0 aliphatic rings. The van der Waals surface area contributed by atoms with Gasteiger partial charge in [0.25, 0.3) is 0 Å². The highest BCUT2D eigenvalue weighted by molar-refractivity contribution is 4.70. The van der Waals surface area contributed by atoms with Gasteiger partial charge in [-0.1, -0.05) is 78.1 Å². The third-order valence-electron chi connectivity index (χ3n) is 4.25. The monoisotopic (exact) mass is 313 g/mol. The fraction of sp³-hybridized carbons (Fsp3) is 1.00. The molecule has 1 heteroatoms. The summed E-state index contributed by atoms with van der Waals surface area (Å²) in [6.45, 7) is 18.1. The molecule has 0 unspecified atom stereocenters. The van der Waals surface area contributed by atoms with Crippen LogP contribution in [-0.2, 0) is 0 Å². The Balaban J connectivity index is 0. The lowest BCUT2D eigenvalue weighted by molar-refractivity contribution is 0.133. The standard InChI is InChI=1S/C12H26.C9H21N/c1-3-5-7-9-11-12-10-8-6-4-2;1-7(2)10(8(3)4)9(5)6/h3-12H2,1-2H3;7-9H,1-6H3. The van der Waals surface area contributed by atoms with Gasteiger partial charge in [-0.05, 0) is 41.5 Å². The van der Waals surface area contributed by atoms with Gasteiger partial charge in [-0.2, -0.15) is 0 Å². The maximum Gasteiger partial charge on any atom is 0.00439 e. The lowest BCUT2D eigenvalue weighted by Gasteiger charge is -2.34. The van der Waals surface area contributed by atoms with Crippen LogP contribution in [0.4, 0.5) is 0 Å². The summed E-state index contributed by atoms with van der Waals surface area (Å²) in [4.78, 5) is 2.50. The van der Waals surface area contributed by atoms with Crippen molar-refractivity contribution in [3.05, 3.63) is 0 Å². The minimum absolute atomic E-state index is 0.667. The van der Waals surface area contributed by atoms with Crippen LogP contribution in [-0.4, -0.2) is 23.0 Å². The van der Waals surface area contributed by atoms with E-state index in [9.17, 15) is 0 Å². The van der Waals surface area contributed by atoms with Crippen LogP contribution in [0.15, 0.2) is 0 Å². The molecule has 0 radical (unpaired) electrons. The third kappa shape index (κ3) is 16.3. The average Bonchev–Trinajstić information content (AvgIpc) is 2.41. The van der Waals surface area contributed by atoms with Crippen LogP contribution in [0.25, 0.3) is 0 Å². The van der Waals surface area contributed by atoms with Crippen LogP contribution in [0.1, 0.15) is 120 Å². The molecule has 0 saturated heterocycles. The van der Waals surface area contributed by atoms with Gasteiger partial charge in [0.2, 0.25) is 0 Å². The van der Waals surface area contributed by atoms with Crippen molar-refractivity contribution in [3.63, 3.8) is 0 Å². The molecular formula is C21H47N. The van der Waals surface area contributed by atoms with Gasteiger partial charge in [-0.25, -0.2) is 0 Å². The number of hydrogen-bond donors (Lipinski definition) is 0. The molecule has 0 aromatic heterocycles. The van der Waals surface area contributed by atoms with Crippen molar-refractivity contribution >= 4 is 0 Å². The molecule has 0 aliphatic carbocycles. The molecule has 0 bridgehead atoms. The SMILES string of the molecule is CC(C)N(C(C)C)C(C)C.CCCCCCCCCCCC. The van der Waals surface area contributed by atoms with Crippen LogP contribution in [0.5, 0.6) is 0 Å². The lowest BCUT2D eigenvalue weighted by atomic mass is 10.1. The summed E-state index contributed by atoms with van der Waals surface area (Å²) >= 11 is 0. The van der Waals surface area contributed by atoms with Crippen molar-refractivity contribution in [1.29, 1.82) is 0 Å². The Morgan fingerprint density at radius 2 is 0.682 bits per heavy atom. The zero-order chi connectivity index (χ0) is 17.4. The second-order valence-corrected chi connectivity index (χ2v) is 7.56. The quantitative estimate of drug-likeness (QED) is 0.338. The van der Waals surface area contributed by atoms with Gasteiger partial charge in [-0.3, -0.25) is 4.90 Å². The van der Waals surface area contributed by atoms with Gasteiger partial charge in [0.05, 0.1) is 0 Å². The average molecular weight is 314 g/mol. The topological polar surface area (TPSA) is 3.24 Å². The summed E-state index contributed by atoms with van der Waals surface area (Å²) in [6.07, 6.45) is 14.4. The second-order valence-electron chi connectivity index (χ2n) is 7.56. The lowest BCUT2D eigenvalue weighted by Crippen LogP contribution is -2.42. The molecule has 1 nitrogen and oxygen atoms in total. The maximum atomic E-state index is 2.50. The second kappa shape index (κ2) is 17.3. The molecule has 0 saturated carbocycles. The smallest absolute Gasteiger partial charge is 0.00439 e. The predicted octanol–water partition coefficient (Wildman–Crippen LogP) is 7.44. The summed E-state index contributed by atoms with van der Waals surface area (Å²) in [7, 11) is 0. The van der Waals surface area contributed by atoms with E-state index in [0.717, 1.165) is 0 Å². The van der Waals surface area contributed by atoms with Crippen LogP contribution < -0.4 is 0 Å². The highest BCUT2D eigenvalue weighted by Crippen LogP contribution is 2.10. The number of rotatable bonds is 12. The summed E-state index contributed by atoms with van der Waals surface area (Å²) in [5, 5.41) is 0.